The van der Waals surface area contributed by atoms with E-state index in [0.29, 0.717) is 28.0 Å². The van der Waals surface area contributed by atoms with Gasteiger partial charge in [0.2, 0.25) is 0 Å². The molecule has 2 heterocycles. The Morgan fingerprint density at radius 3 is 2.92 bits per heavy atom. The monoisotopic (exact) mass is 365 g/mol. The van der Waals surface area contributed by atoms with Gasteiger partial charge in [-0.2, -0.15) is 0 Å². The van der Waals surface area contributed by atoms with Crippen LogP contribution in [0.15, 0.2) is 36.5 Å². The molecule has 0 saturated carbocycles. The number of carbonyl (C=O) groups is 1. The van der Waals surface area contributed by atoms with E-state index >= 15 is 0 Å². The van der Waals surface area contributed by atoms with Crippen molar-refractivity contribution in [2.45, 2.75) is 18.9 Å². The van der Waals surface area contributed by atoms with Crippen LogP contribution in [0.1, 0.15) is 23.3 Å². The second-order valence-corrected chi connectivity index (χ2v) is 6.37. The molecule has 1 aromatic carbocycles. The molecular formula is C17H17Cl2N3O2. The zero-order valence-electron chi connectivity index (χ0n) is 12.9. The summed E-state index contributed by atoms with van der Waals surface area (Å²) in [7, 11) is 0. The Kier molecular flexibility index (Phi) is 5.56. The summed E-state index contributed by atoms with van der Waals surface area (Å²) in [5.41, 5.74) is 1.62. The quantitative estimate of drug-likeness (QED) is 0.831. The van der Waals surface area contributed by atoms with Gasteiger partial charge in [0.15, 0.2) is 0 Å². The number of benzene rings is 1. The minimum atomic E-state index is -0.333. The summed E-state index contributed by atoms with van der Waals surface area (Å²) >= 11 is 11.9. The van der Waals surface area contributed by atoms with Crippen LogP contribution >= 0.6 is 23.2 Å². The van der Waals surface area contributed by atoms with Crippen LogP contribution in [0, 0.1) is 0 Å². The Balaban J connectivity index is 1.65. The van der Waals surface area contributed by atoms with Crippen LogP contribution in [-0.2, 0) is 4.74 Å². The number of anilines is 2. The summed E-state index contributed by atoms with van der Waals surface area (Å²) in [4.78, 5) is 16.5. The van der Waals surface area contributed by atoms with E-state index in [0.717, 1.165) is 25.1 Å². The maximum absolute atomic E-state index is 12.3. The van der Waals surface area contributed by atoms with Crippen LogP contribution in [0.2, 0.25) is 10.0 Å². The number of hydrogen-bond donors (Lipinski definition) is 2. The highest BCUT2D eigenvalue weighted by Gasteiger charge is 2.15. The smallest absolute Gasteiger partial charge is 0.274 e. The number of hydrogen-bond acceptors (Lipinski definition) is 4. The van der Waals surface area contributed by atoms with Gasteiger partial charge in [-0.05, 0) is 43.2 Å². The lowest BCUT2D eigenvalue weighted by Crippen LogP contribution is -2.19. The molecule has 2 aromatic rings. The van der Waals surface area contributed by atoms with E-state index in [1.54, 1.807) is 30.5 Å². The molecule has 1 saturated heterocycles. The van der Waals surface area contributed by atoms with E-state index in [9.17, 15) is 4.79 Å². The molecule has 0 aliphatic carbocycles. The molecule has 126 valence electrons. The Labute approximate surface area is 150 Å². The molecule has 2 N–H and O–H groups in total. The minimum Gasteiger partial charge on any atom is -0.382 e. The first-order valence-electron chi connectivity index (χ1n) is 7.70. The number of ether oxygens (including phenoxy) is 1. The van der Waals surface area contributed by atoms with E-state index in [4.69, 9.17) is 27.9 Å². The molecule has 0 bridgehead atoms. The van der Waals surface area contributed by atoms with E-state index in [1.807, 2.05) is 6.07 Å². The lowest BCUT2D eigenvalue weighted by molar-refractivity contribution is 0.102. The van der Waals surface area contributed by atoms with Crippen LogP contribution in [0.3, 0.4) is 0 Å². The van der Waals surface area contributed by atoms with E-state index in [-0.39, 0.29) is 12.0 Å². The summed E-state index contributed by atoms with van der Waals surface area (Å²) in [6.07, 6.45) is 3.97. The predicted molar refractivity (Wildman–Crippen MR) is 96.1 cm³/mol. The van der Waals surface area contributed by atoms with Crippen molar-refractivity contribution in [2.75, 3.05) is 23.8 Å². The van der Waals surface area contributed by atoms with Gasteiger partial charge in [-0.15, -0.1) is 0 Å². The Bertz CT molecular complexity index is 734. The average Bonchev–Trinajstić information content (AvgIpc) is 3.09. The Hall–Kier alpha value is -1.82. The molecule has 1 atom stereocenters. The second-order valence-electron chi connectivity index (χ2n) is 5.52. The third kappa shape index (κ3) is 4.38. The summed E-state index contributed by atoms with van der Waals surface area (Å²) in [6.45, 7) is 1.53. The van der Waals surface area contributed by atoms with Crippen molar-refractivity contribution in [3.8, 4) is 0 Å². The lowest BCUT2D eigenvalue weighted by atomic mass is 10.2. The Morgan fingerprint density at radius 1 is 1.29 bits per heavy atom. The molecule has 1 aromatic heterocycles. The zero-order valence-corrected chi connectivity index (χ0v) is 14.4. The van der Waals surface area contributed by atoms with Crippen molar-refractivity contribution in [3.05, 3.63) is 52.3 Å². The highest BCUT2D eigenvalue weighted by atomic mass is 35.5. The van der Waals surface area contributed by atoms with Gasteiger partial charge in [-0.1, -0.05) is 23.2 Å². The fraction of sp³-hybridized carbons (Fsp3) is 0.294. The molecule has 1 amide bonds. The van der Waals surface area contributed by atoms with Crippen molar-refractivity contribution in [2.24, 2.45) is 0 Å². The van der Waals surface area contributed by atoms with Gasteiger partial charge in [0.25, 0.3) is 5.91 Å². The van der Waals surface area contributed by atoms with Gasteiger partial charge in [0.1, 0.15) is 5.69 Å². The fourth-order valence-electron chi connectivity index (χ4n) is 2.48. The lowest BCUT2D eigenvalue weighted by Gasteiger charge is -2.12. The molecule has 1 unspecified atom stereocenters. The van der Waals surface area contributed by atoms with Crippen LogP contribution in [-0.4, -0.2) is 30.1 Å². The number of pyridine rings is 1. The SMILES string of the molecule is O=C(Nc1ccc(Cl)cc1Cl)c1cc(NCC2CCCO2)ccn1. The number of nitrogens with one attached hydrogen (secondary N) is 2. The standard InChI is InChI=1S/C17H17Cl2N3O2/c18-11-3-4-15(14(19)8-11)22-17(23)16-9-12(5-6-20-16)21-10-13-2-1-7-24-13/h3-6,8-9,13H,1-2,7,10H2,(H,20,21)(H,22,23). The highest BCUT2D eigenvalue weighted by Crippen LogP contribution is 2.25. The van der Waals surface area contributed by atoms with Crippen molar-refractivity contribution in [3.63, 3.8) is 0 Å². The van der Waals surface area contributed by atoms with Crippen molar-refractivity contribution in [1.82, 2.24) is 4.98 Å². The topological polar surface area (TPSA) is 63.2 Å². The summed E-state index contributed by atoms with van der Waals surface area (Å²) < 4.78 is 5.57. The van der Waals surface area contributed by atoms with Crippen LogP contribution < -0.4 is 10.6 Å². The number of nitrogens with zero attached hydrogens (tertiary/aromatic N) is 1. The van der Waals surface area contributed by atoms with Crippen molar-refractivity contribution in [1.29, 1.82) is 0 Å². The zero-order chi connectivity index (χ0) is 16.9. The molecular weight excluding hydrogens is 349 g/mol. The molecule has 1 aliphatic rings. The first-order chi connectivity index (χ1) is 11.6. The third-order valence-corrected chi connectivity index (χ3v) is 4.28. The molecule has 5 nitrogen and oxygen atoms in total. The average molecular weight is 366 g/mol. The molecule has 0 radical (unpaired) electrons. The van der Waals surface area contributed by atoms with Crippen LogP contribution in [0.4, 0.5) is 11.4 Å². The number of carbonyl (C=O) groups excluding carboxylic acids is 1. The largest absolute Gasteiger partial charge is 0.382 e. The van der Waals surface area contributed by atoms with Crippen molar-refractivity contribution >= 4 is 40.5 Å². The van der Waals surface area contributed by atoms with Gasteiger partial charge in [0.05, 0.1) is 16.8 Å². The number of rotatable bonds is 5. The van der Waals surface area contributed by atoms with E-state index in [2.05, 4.69) is 15.6 Å². The molecule has 1 fully saturated rings. The Morgan fingerprint density at radius 2 is 2.17 bits per heavy atom. The van der Waals surface area contributed by atoms with Gasteiger partial charge in [-0.3, -0.25) is 9.78 Å². The molecule has 7 heteroatoms. The van der Waals surface area contributed by atoms with E-state index in [1.165, 1.54) is 0 Å². The molecule has 0 spiro atoms. The summed E-state index contributed by atoms with van der Waals surface area (Å²) in [6, 6.07) is 8.42. The van der Waals surface area contributed by atoms with Gasteiger partial charge >= 0.3 is 0 Å². The number of halogens is 2. The highest BCUT2D eigenvalue weighted by molar-refractivity contribution is 6.36. The van der Waals surface area contributed by atoms with Crippen LogP contribution in [0.5, 0.6) is 0 Å². The predicted octanol–water partition coefficient (Wildman–Crippen LogP) is 4.23. The maximum atomic E-state index is 12.3. The number of aromatic nitrogens is 1. The second kappa shape index (κ2) is 7.83. The van der Waals surface area contributed by atoms with Gasteiger partial charge in [0, 0.05) is 30.1 Å². The number of amides is 1. The normalized spacial score (nSPS) is 16.8. The van der Waals surface area contributed by atoms with Crippen molar-refractivity contribution < 1.29 is 9.53 Å². The summed E-state index contributed by atoms with van der Waals surface area (Å²) in [5.74, 6) is -0.333. The third-order valence-electron chi connectivity index (χ3n) is 3.73. The molecule has 1 aliphatic heterocycles. The van der Waals surface area contributed by atoms with Gasteiger partial charge in [-0.25, -0.2) is 0 Å². The maximum Gasteiger partial charge on any atom is 0.274 e. The van der Waals surface area contributed by atoms with Crippen LogP contribution in [0.25, 0.3) is 0 Å². The first-order valence-corrected chi connectivity index (χ1v) is 8.45. The van der Waals surface area contributed by atoms with Gasteiger partial charge < -0.3 is 15.4 Å². The molecule has 3 rings (SSSR count). The van der Waals surface area contributed by atoms with E-state index < -0.39 is 0 Å². The first kappa shape index (κ1) is 17.0. The minimum absolute atomic E-state index is 0.225. The molecule has 24 heavy (non-hydrogen) atoms. The fourth-order valence-corrected chi connectivity index (χ4v) is 2.93. The summed E-state index contributed by atoms with van der Waals surface area (Å²) in [5, 5.41) is 6.90.